The van der Waals surface area contributed by atoms with E-state index in [0.29, 0.717) is 45.0 Å². The van der Waals surface area contributed by atoms with E-state index in [1.54, 1.807) is 18.7 Å². The molecule has 3 aromatic rings. The first kappa shape index (κ1) is 30.5. The van der Waals surface area contributed by atoms with Crippen LogP contribution in [0.15, 0.2) is 72.8 Å². The lowest BCUT2D eigenvalue weighted by Gasteiger charge is -2.38. The van der Waals surface area contributed by atoms with Gasteiger partial charge in [0.2, 0.25) is 5.91 Å². The third-order valence-corrected chi connectivity index (χ3v) is 9.32. The van der Waals surface area contributed by atoms with E-state index < -0.39 is 11.7 Å². The number of hydrogen-bond acceptors (Lipinski definition) is 5. The molecule has 9 heteroatoms. The topological polar surface area (TPSA) is 93.6 Å². The molecule has 1 unspecified atom stereocenters. The monoisotopic (exact) mass is 610 g/mol. The van der Waals surface area contributed by atoms with Crippen LogP contribution < -0.4 is 9.64 Å². The number of carboxylic acid groups (broad SMARTS) is 1. The largest absolute Gasteiger partial charge is 0.478 e. The van der Waals surface area contributed by atoms with Gasteiger partial charge in [-0.05, 0) is 67.5 Å². The Morgan fingerprint density at radius 2 is 1.53 bits per heavy atom. The molecule has 1 N–H and O–H groups in total. The Hall–Kier alpha value is -4.53. The molecule has 3 aromatic carbocycles. The minimum atomic E-state index is -1.11. The fourth-order valence-corrected chi connectivity index (χ4v) is 6.79. The van der Waals surface area contributed by atoms with Crippen LogP contribution in [0.4, 0.5) is 10.5 Å². The number of nitrogens with zero attached hydrogens (tertiary/aromatic N) is 4. The van der Waals surface area contributed by atoms with E-state index in [1.165, 1.54) is 27.2 Å². The van der Waals surface area contributed by atoms with Gasteiger partial charge in [0.25, 0.3) is 5.91 Å². The number of amides is 3. The molecule has 1 atom stereocenters. The first-order valence-electron chi connectivity index (χ1n) is 16.0. The zero-order valence-electron chi connectivity index (χ0n) is 26.2. The molecule has 45 heavy (non-hydrogen) atoms. The molecule has 2 fully saturated rings. The average molecular weight is 611 g/mol. The van der Waals surface area contributed by atoms with Crippen LogP contribution in [0.25, 0.3) is 11.1 Å². The molecule has 3 aliphatic rings. The van der Waals surface area contributed by atoms with E-state index in [2.05, 4.69) is 47.4 Å². The number of rotatable bonds is 6. The second-order valence-corrected chi connectivity index (χ2v) is 12.8. The van der Waals surface area contributed by atoms with Gasteiger partial charge in [-0.15, -0.1) is 0 Å². The SMILES string of the molecule is CC(C)(Oc1cccc(N2CCCC(C(=O)N3CCc4cc(-c5ccccc5)ccc4C3)C2)c1)C(=O)N1CCN(C(=O)O)CC1. The number of carbonyl (C=O) groups is 3. The molecule has 2 saturated heterocycles. The molecule has 6 rings (SSSR count). The summed E-state index contributed by atoms with van der Waals surface area (Å²) in [5, 5.41) is 9.21. The maximum atomic E-state index is 13.8. The predicted molar refractivity (Wildman–Crippen MR) is 173 cm³/mol. The van der Waals surface area contributed by atoms with Gasteiger partial charge in [0.05, 0.1) is 5.92 Å². The Labute approximate surface area is 265 Å². The smallest absolute Gasteiger partial charge is 0.407 e. The van der Waals surface area contributed by atoms with E-state index in [1.807, 2.05) is 35.2 Å². The Morgan fingerprint density at radius 3 is 2.29 bits per heavy atom. The molecule has 0 bridgehead atoms. The Bertz CT molecular complexity index is 1550. The summed E-state index contributed by atoms with van der Waals surface area (Å²) in [6, 6.07) is 24.8. The van der Waals surface area contributed by atoms with Gasteiger partial charge in [0.1, 0.15) is 5.75 Å². The number of anilines is 1. The first-order valence-corrected chi connectivity index (χ1v) is 16.0. The fraction of sp³-hybridized carbons (Fsp3) is 0.417. The van der Waals surface area contributed by atoms with Gasteiger partial charge in [0, 0.05) is 64.1 Å². The van der Waals surface area contributed by atoms with Crippen molar-refractivity contribution in [2.75, 3.05) is 50.7 Å². The number of fused-ring (bicyclic) bond motifs is 1. The summed E-state index contributed by atoms with van der Waals surface area (Å²) in [6.45, 7) is 7.66. The summed E-state index contributed by atoms with van der Waals surface area (Å²) in [7, 11) is 0. The molecule has 0 aliphatic carbocycles. The number of piperazine rings is 1. The zero-order valence-corrected chi connectivity index (χ0v) is 26.2. The van der Waals surface area contributed by atoms with Crippen molar-refractivity contribution >= 4 is 23.6 Å². The van der Waals surface area contributed by atoms with Crippen molar-refractivity contribution in [1.29, 1.82) is 0 Å². The lowest BCUT2D eigenvalue weighted by atomic mass is 9.92. The van der Waals surface area contributed by atoms with Crippen molar-refractivity contribution in [3.05, 3.63) is 83.9 Å². The van der Waals surface area contributed by atoms with Crippen molar-refractivity contribution in [3.8, 4) is 16.9 Å². The van der Waals surface area contributed by atoms with Crippen LogP contribution >= 0.6 is 0 Å². The highest BCUT2D eigenvalue weighted by Crippen LogP contribution is 2.31. The van der Waals surface area contributed by atoms with Crippen LogP contribution in [-0.2, 0) is 22.6 Å². The van der Waals surface area contributed by atoms with E-state index in [4.69, 9.17) is 4.74 Å². The van der Waals surface area contributed by atoms with Crippen LogP contribution in [0.1, 0.15) is 37.8 Å². The van der Waals surface area contributed by atoms with Gasteiger partial charge in [-0.2, -0.15) is 0 Å². The minimum absolute atomic E-state index is 0.0732. The highest BCUT2D eigenvalue weighted by Gasteiger charge is 2.37. The highest BCUT2D eigenvalue weighted by molar-refractivity contribution is 5.85. The van der Waals surface area contributed by atoms with Gasteiger partial charge in [-0.25, -0.2) is 4.79 Å². The minimum Gasteiger partial charge on any atom is -0.478 e. The maximum Gasteiger partial charge on any atom is 0.407 e. The molecule has 3 heterocycles. The highest BCUT2D eigenvalue weighted by atomic mass is 16.5. The van der Waals surface area contributed by atoms with E-state index in [9.17, 15) is 19.5 Å². The van der Waals surface area contributed by atoms with Crippen molar-refractivity contribution in [3.63, 3.8) is 0 Å². The van der Waals surface area contributed by atoms with Gasteiger partial charge < -0.3 is 29.4 Å². The van der Waals surface area contributed by atoms with Crippen LogP contribution in [0.5, 0.6) is 5.75 Å². The van der Waals surface area contributed by atoms with E-state index in [-0.39, 0.29) is 17.7 Å². The predicted octanol–water partition coefficient (Wildman–Crippen LogP) is 5.13. The van der Waals surface area contributed by atoms with Crippen molar-refractivity contribution < 1.29 is 24.2 Å². The molecule has 0 spiro atoms. The van der Waals surface area contributed by atoms with E-state index in [0.717, 1.165) is 38.0 Å². The molecule has 9 nitrogen and oxygen atoms in total. The number of carbonyl (C=O) groups excluding carboxylic acids is 2. The van der Waals surface area contributed by atoms with Crippen LogP contribution in [-0.4, -0.2) is 89.1 Å². The number of hydrogen-bond donors (Lipinski definition) is 1. The lowest BCUT2D eigenvalue weighted by molar-refractivity contribution is -0.147. The molecule has 0 aromatic heterocycles. The Kier molecular flexibility index (Phi) is 8.70. The summed E-state index contributed by atoms with van der Waals surface area (Å²) in [6.07, 6.45) is 1.70. The zero-order chi connectivity index (χ0) is 31.6. The third kappa shape index (κ3) is 6.77. The van der Waals surface area contributed by atoms with Crippen molar-refractivity contribution in [2.45, 2.75) is 45.3 Å². The van der Waals surface area contributed by atoms with Gasteiger partial charge in [-0.3, -0.25) is 9.59 Å². The Morgan fingerprint density at radius 1 is 0.778 bits per heavy atom. The number of benzene rings is 3. The average Bonchev–Trinajstić information content (AvgIpc) is 3.07. The first-order chi connectivity index (χ1) is 21.7. The summed E-state index contributed by atoms with van der Waals surface area (Å²) < 4.78 is 6.24. The van der Waals surface area contributed by atoms with Gasteiger partial charge in [-0.1, -0.05) is 54.6 Å². The fourth-order valence-electron chi connectivity index (χ4n) is 6.79. The second kappa shape index (κ2) is 12.8. The lowest BCUT2D eigenvalue weighted by Crippen LogP contribution is -2.56. The standard InChI is InChI=1S/C36H42N4O5/c1-36(2,34(42)37-18-20-38(21-19-37)35(43)44)45-32-12-6-11-31(23-32)39-16-7-10-30(25-39)33(41)40-17-15-28-22-27(13-14-29(28)24-40)26-8-4-3-5-9-26/h3-6,8-9,11-14,22-23,30H,7,10,15-21,24-25H2,1-2H3,(H,43,44). The quantitative estimate of drug-likeness (QED) is 0.416. The number of ether oxygens (including phenoxy) is 1. The molecule has 236 valence electrons. The number of piperidine rings is 1. The summed E-state index contributed by atoms with van der Waals surface area (Å²) in [4.78, 5) is 45.6. The maximum absolute atomic E-state index is 13.8. The molecule has 0 saturated carbocycles. The van der Waals surface area contributed by atoms with Gasteiger partial charge >= 0.3 is 6.09 Å². The normalized spacial score (nSPS) is 18.8. The van der Waals surface area contributed by atoms with Gasteiger partial charge in [0.15, 0.2) is 5.60 Å². The third-order valence-electron chi connectivity index (χ3n) is 9.32. The van der Waals surface area contributed by atoms with E-state index >= 15 is 0 Å². The molecule has 3 aliphatic heterocycles. The van der Waals surface area contributed by atoms with Crippen LogP contribution in [0.2, 0.25) is 0 Å². The second-order valence-electron chi connectivity index (χ2n) is 12.8. The van der Waals surface area contributed by atoms with Crippen molar-refractivity contribution in [2.24, 2.45) is 5.92 Å². The molecule has 3 amide bonds. The molecular formula is C36H42N4O5. The van der Waals surface area contributed by atoms with Crippen LogP contribution in [0, 0.1) is 5.92 Å². The summed E-state index contributed by atoms with van der Waals surface area (Å²) in [5.74, 6) is 0.572. The summed E-state index contributed by atoms with van der Waals surface area (Å²) in [5.41, 5.74) is 4.84. The summed E-state index contributed by atoms with van der Waals surface area (Å²) >= 11 is 0. The Balaban J connectivity index is 1.07. The molecule has 0 radical (unpaired) electrons. The molecular weight excluding hydrogens is 568 g/mol. The van der Waals surface area contributed by atoms with Crippen LogP contribution in [0.3, 0.4) is 0 Å². The van der Waals surface area contributed by atoms with Crippen molar-refractivity contribution in [1.82, 2.24) is 14.7 Å².